The van der Waals surface area contributed by atoms with Crippen molar-refractivity contribution in [3.8, 4) is 5.75 Å². The third-order valence-corrected chi connectivity index (χ3v) is 3.39. The smallest absolute Gasteiger partial charge is 0.405 e. The molecule has 8 heteroatoms. The summed E-state index contributed by atoms with van der Waals surface area (Å²) in [6, 6.07) is 5.17. The van der Waals surface area contributed by atoms with Gasteiger partial charge in [-0.3, -0.25) is 4.79 Å². The van der Waals surface area contributed by atoms with Crippen LogP contribution in [-0.2, 0) is 11.3 Å². The van der Waals surface area contributed by atoms with Crippen molar-refractivity contribution >= 4 is 5.91 Å². The molecule has 1 aliphatic heterocycles. The Balaban J connectivity index is 2.05. The molecule has 2 rings (SSSR count). The molecule has 2 atom stereocenters. The zero-order valence-corrected chi connectivity index (χ0v) is 11.9. The van der Waals surface area contributed by atoms with Crippen LogP contribution in [0.2, 0.25) is 0 Å². The van der Waals surface area contributed by atoms with Gasteiger partial charge in [0.1, 0.15) is 5.75 Å². The molecule has 0 saturated carbocycles. The SMILES string of the molecule is CN(Cc1ccccc1OC(F)(F)F)C(=O)[C@H]1C[C@H](O)CN1. The molecular weight excluding hydrogens is 301 g/mol. The van der Waals surface area contributed by atoms with Crippen molar-refractivity contribution in [1.82, 2.24) is 10.2 Å². The first kappa shape index (κ1) is 16.6. The summed E-state index contributed by atoms with van der Waals surface area (Å²) in [7, 11) is 1.50. The highest BCUT2D eigenvalue weighted by Crippen LogP contribution is 2.27. The van der Waals surface area contributed by atoms with E-state index in [9.17, 15) is 23.1 Å². The van der Waals surface area contributed by atoms with Crippen LogP contribution in [0.4, 0.5) is 13.2 Å². The normalized spacial score (nSPS) is 21.7. The van der Waals surface area contributed by atoms with Gasteiger partial charge in [0.25, 0.3) is 0 Å². The van der Waals surface area contributed by atoms with E-state index in [2.05, 4.69) is 10.1 Å². The van der Waals surface area contributed by atoms with Gasteiger partial charge in [0, 0.05) is 25.7 Å². The number of para-hydroxylation sites is 1. The van der Waals surface area contributed by atoms with Crippen LogP contribution in [0.5, 0.6) is 5.75 Å². The Morgan fingerprint density at radius 3 is 2.73 bits per heavy atom. The van der Waals surface area contributed by atoms with Gasteiger partial charge in [0.15, 0.2) is 0 Å². The van der Waals surface area contributed by atoms with E-state index in [-0.39, 0.29) is 23.8 Å². The highest BCUT2D eigenvalue weighted by atomic mass is 19.4. The maximum atomic E-state index is 12.4. The maximum absolute atomic E-state index is 12.4. The number of carbonyl (C=O) groups excluding carboxylic acids is 1. The number of aliphatic hydroxyl groups excluding tert-OH is 1. The Kier molecular flexibility index (Phi) is 4.92. The van der Waals surface area contributed by atoms with Crippen molar-refractivity contribution < 1.29 is 27.8 Å². The van der Waals surface area contributed by atoms with Crippen molar-refractivity contribution in [2.24, 2.45) is 0 Å². The number of likely N-dealkylation sites (N-methyl/N-ethyl adjacent to an activating group) is 1. The predicted octanol–water partition coefficient (Wildman–Crippen LogP) is 1.27. The molecule has 2 N–H and O–H groups in total. The second-order valence-corrected chi connectivity index (χ2v) is 5.20. The van der Waals surface area contributed by atoms with E-state index >= 15 is 0 Å². The van der Waals surface area contributed by atoms with Gasteiger partial charge in [0.2, 0.25) is 5.91 Å². The van der Waals surface area contributed by atoms with E-state index in [1.807, 2.05) is 0 Å². The fraction of sp³-hybridized carbons (Fsp3) is 0.500. The standard InChI is InChI=1S/C14H17F3N2O3/c1-19(13(21)11-6-10(20)7-18-11)8-9-4-2-3-5-12(9)22-14(15,16)17/h2-5,10-11,18,20H,6-8H2,1H3/t10-,11+/m0/s1. The zero-order valence-electron chi connectivity index (χ0n) is 11.9. The van der Waals surface area contributed by atoms with Gasteiger partial charge < -0.3 is 20.1 Å². The molecule has 22 heavy (non-hydrogen) atoms. The number of halogens is 3. The average Bonchev–Trinajstić information content (AvgIpc) is 2.85. The Morgan fingerprint density at radius 2 is 2.14 bits per heavy atom. The Morgan fingerprint density at radius 1 is 1.45 bits per heavy atom. The largest absolute Gasteiger partial charge is 0.573 e. The number of amides is 1. The lowest BCUT2D eigenvalue weighted by atomic mass is 10.1. The van der Waals surface area contributed by atoms with E-state index in [1.54, 1.807) is 6.07 Å². The summed E-state index contributed by atoms with van der Waals surface area (Å²) in [6.45, 7) is 0.317. The topological polar surface area (TPSA) is 61.8 Å². The molecule has 0 spiro atoms. The summed E-state index contributed by atoms with van der Waals surface area (Å²) in [5.41, 5.74) is 0.259. The second kappa shape index (κ2) is 6.53. The van der Waals surface area contributed by atoms with Gasteiger partial charge in [-0.1, -0.05) is 18.2 Å². The number of hydrogen-bond acceptors (Lipinski definition) is 4. The summed E-state index contributed by atoms with van der Waals surface area (Å²) in [5.74, 6) is -0.604. The number of benzene rings is 1. The molecule has 122 valence electrons. The summed E-state index contributed by atoms with van der Waals surface area (Å²) in [5, 5.41) is 12.3. The fourth-order valence-corrected chi connectivity index (χ4v) is 2.36. The first-order chi connectivity index (χ1) is 10.3. The number of rotatable bonds is 4. The van der Waals surface area contributed by atoms with Crippen molar-refractivity contribution in [2.45, 2.75) is 31.5 Å². The molecule has 0 aromatic heterocycles. The van der Waals surface area contributed by atoms with Crippen LogP contribution in [0.25, 0.3) is 0 Å². The number of nitrogens with one attached hydrogen (secondary N) is 1. The lowest BCUT2D eigenvalue weighted by Crippen LogP contribution is -2.41. The molecule has 0 aliphatic carbocycles. The van der Waals surface area contributed by atoms with Crippen LogP contribution in [0.1, 0.15) is 12.0 Å². The van der Waals surface area contributed by atoms with Crippen molar-refractivity contribution in [3.05, 3.63) is 29.8 Å². The number of hydrogen-bond donors (Lipinski definition) is 2. The number of carbonyl (C=O) groups is 1. The summed E-state index contributed by atoms with van der Waals surface area (Å²) < 4.78 is 41.1. The van der Waals surface area contributed by atoms with Crippen molar-refractivity contribution in [1.29, 1.82) is 0 Å². The second-order valence-electron chi connectivity index (χ2n) is 5.20. The van der Waals surface area contributed by atoms with Crippen LogP contribution in [0.15, 0.2) is 24.3 Å². The van der Waals surface area contributed by atoms with Crippen LogP contribution >= 0.6 is 0 Å². The lowest BCUT2D eigenvalue weighted by Gasteiger charge is -2.22. The van der Waals surface area contributed by atoms with Gasteiger partial charge in [-0.05, 0) is 12.5 Å². The average molecular weight is 318 g/mol. The zero-order chi connectivity index (χ0) is 16.3. The molecule has 1 aliphatic rings. The molecule has 0 bridgehead atoms. The summed E-state index contributed by atoms with van der Waals surface area (Å²) in [4.78, 5) is 13.5. The first-order valence-electron chi connectivity index (χ1n) is 6.76. The third kappa shape index (κ3) is 4.35. The van der Waals surface area contributed by atoms with Crippen molar-refractivity contribution in [3.63, 3.8) is 0 Å². The van der Waals surface area contributed by atoms with Gasteiger partial charge >= 0.3 is 6.36 Å². The minimum atomic E-state index is -4.78. The van der Waals surface area contributed by atoms with E-state index in [1.165, 1.54) is 30.1 Å². The molecule has 0 unspecified atom stereocenters. The van der Waals surface area contributed by atoms with Gasteiger partial charge in [-0.25, -0.2) is 0 Å². The molecule has 1 saturated heterocycles. The molecule has 1 amide bonds. The van der Waals surface area contributed by atoms with Gasteiger partial charge in [-0.2, -0.15) is 0 Å². The molecule has 0 radical (unpaired) electrons. The molecule has 1 aromatic carbocycles. The third-order valence-electron chi connectivity index (χ3n) is 3.39. The lowest BCUT2D eigenvalue weighted by molar-refractivity contribution is -0.275. The van der Waals surface area contributed by atoms with Crippen LogP contribution < -0.4 is 10.1 Å². The number of aliphatic hydroxyl groups is 1. The maximum Gasteiger partial charge on any atom is 0.573 e. The molecule has 5 nitrogen and oxygen atoms in total. The quantitative estimate of drug-likeness (QED) is 0.878. The van der Waals surface area contributed by atoms with Crippen molar-refractivity contribution in [2.75, 3.05) is 13.6 Å². The molecule has 1 aromatic rings. The number of nitrogens with zero attached hydrogens (tertiary/aromatic N) is 1. The monoisotopic (exact) mass is 318 g/mol. The van der Waals surface area contributed by atoms with E-state index < -0.39 is 18.5 Å². The fourth-order valence-electron chi connectivity index (χ4n) is 2.36. The first-order valence-corrected chi connectivity index (χ1v) is 6.76. The van der Waals surface area contributed by atoms with E-state index in [0.29, 0.717) is 13.0 Å². The number of β-amino-alcohol motifs (C(OH)–C–C–N with tert-alkyl or cyclic N) is 1. The summed E-state index contributed by atoms with van der Waals surface area (Å²) in [6.07, 6.45) is -5.07. The molecule has 1 heterocycles. The molecule has 1 fully saturated rings. The van der Waals surface area contributed by atoms with Crippen LogP contribution in [0, 0.1) is 0 Å². The van der Waals surface area contributed by atoms with E-state index in [0.717, 1.165) is 0 Å². The minimum absolute atomic E-state index is 0.0145. The number of ether oxygens (including phenoxy) is 1. The Labute approximate surface area is 125 Å². The highest BCUT2D eigenvalue weighted by molar-refractivity contribution is 5.82. The minimum Gasteiger partial charge on any atom is -0.405 e. The predicted molar refractivity (Wildman–Crippen MR) is 72.0 cm³/mol. The highest BCUT2D eigenvalue weighted by Gasteiger charge is 2.33. The van der Waals surface area contributed by atoms with E-state index in [4.69, 9.17) is 0 Å². The number of alkyl halides is 3. The molecular formula is C14H17F3N2O3. The van der Waals surface area contributed by atoms with Crippen LogP contribution in [0.3, 0.4) is 0 Å². The van der Waals surface area contributed by atoms with Gasteiger partial charge in [-0.15, -0.1) is 13.2 Å². The Hall–Kier alpha value is -1.80. The summed E-state index contributed by atoms with van der Waals surface area (Å²) >= 11 is 0. The Bertz CT molecular complexity index is 536. The van der Waals surface area contributed by atoms with Gasteiger partial charge in [0.05, 0.1) is 12.1 Å². The van der Waals surface area contributed by atoms with Crippen LogP contribution in [-0.4, -0.2) is 48.0 Å².